The van der Waals surface area contributed by atoms with E-state index in [4.69, 9.17) is 28.3 Å². The van der Waals surface area contributed by atoms with E-state index in [0.29, 0.717) is 22.3 Å². The molecule has 0 aliphatic rings. The number of sulfonamides is 1. The molecule has 0 spiro atoms. The van der Waals surface area contributed by atoms with Crippen LogP contribution in [-0.4, -0.2) is 20.2 Å². The van der Waals surface area contributed by atoms with Crippen molar-refractivity contribution in [1.82, 2.24) is 0 Å². The smallest absolute Gasteiger partial charge is 0.284 e. The highest BCUT2D eigenvalue weighted by Gasteiger charge is 2.18. The number of anilines is 1. The molecule has 3 aromatic carbocycles. The lowest BCUT2D eigenvalue weighted by atomic mass is 10.0. The first-order chi connectivity index (χ1) is 16.0. The first kappa shape index (κ1) is 24.9. The molecule has 0 fully saturated rings. The lowest BCUT2D eigenvalue weighted by molar-refractivity contribution is -0.114. The first-order valence-electron chi connectivity index (χ1n) is 9.76. The van der Waals surface area contributed by atoms with Crippen molar-refractivity contribution in [2.45, 2.75) is 11.8 Å². The van der Waals surface area contributed by atoms with Crippen LogP contribution in [0.25, 0.3) is 16.7 Å². The highest BCUT2D eigenvalue weighted by atomic mass is 35.5. The molecule has 0 radical (unpaired) electrons. The van der Waals surface area contributed by atoms with Crippen LogP contribution in [-0.2, 0) is 14.8 Å². The molecule has 0 heterocycles. The van der Waals surface area contributed by atoms with Crippen molar-refractivity contribution < 1.29 is 17.6 Å². The predicted octanol–water partition coefficient (Wildman–Crippen LogP) is 3.57. The molecule has 1 amide bonds. The molecular weight excluding hydrogens is 481 g/mol. The van der Waals surface area contributed by atoms with Gasteiger partial charge in [-0.25, -0.2) is 17.9 Å². The zero-order valence-electron chi connectivity index (χ0n) is 17.9. The number of nitrogens with one attached hydrogen (secondary N) is 1. The van der Waals surface area contributed by atoms with Crippen molar-refractivity contribution in [2.24, 2.45) is 21.8 Å². The number of benzene rings is 3. The summed E-state index contributed by atoms with van der Waals surface area (Å²) in [6.45, 7) is 1.46. The molecule has 3 rings (SSSR count). The number of carbonyl (C=O) groups is 1. The summed E-state index contributed by atoms with van der Waals surface area (Å²) >= 11 is 6.34. The maximum atomic E-state index is 14.8. The van der Waals surface area contributed by atoms with Gasteiger partial charge in [0.25, 0.3) is 5.91 Å². The summed E-state index contributed by atoms with van der Waals surface area (Å²) in [6.07, 6.45) is 0. The van der Waals surface area contributed by atoms with Crippen molar-refractivity contribution in [3.05, 3.63) is 88.7 Å². The van der Waals surface area contributed by atoms with E-state index in [9.17, 15) is 17.6 Å². The number of primary sulfonamides is 1. The number of rotatable bonds is 6. The number of halogens is 2. The minimum atomic E-state index is -3.99. The average molecular weight is 502 g/mol. The van der Waals surface area contributed by atoms with Crippen molar-refractivity contribution in [3.8, 4) is 11.1 Å². The van der Waals surface area contributed by atoms with Gasteiger partial charge in [-0.3, -0.25) is 4.79 Å². The molecule has 11 heteroatoms. The first-order valence-corrected chi connectivity index (χ1v) is 11.7. The zero-order chi connectivity index (χ0) is 25.0. The number of hydrazone groups is 1. The Balaban J connectivity index is 1.85. The Kier molecular flexibility index (Phi) is 7.35. The summed E-state index contributed by atoms with van der Waals surface area (Å²) in [7, 11) is -3.99. The van der Waals surface area contributed by atoms with Crippen molar-refractivity contribution in [3.63, 3.8) is 0 Å². The van der Waals surface area contributed by atoms with Gasteiger partial charge in [-0.15, -0.1) is 0 Å². The third kappa shape index (κ3) is 5.42. The Hall–Kier alpha value is -3.73. The van der Waals surface area contributed by atoms with Crippen molar-refractivity contribution in [2.75, 3.05) is 5.32 Å². The summed E-state index contributed by atoms with van der Waals surface area (Å²) in [6, 6.07) is 16.9. The standard InChI is InChI=1S/C23H21ClFN5O3S/c1-13(14-6-8-15(9-7-14)22(26)30-27)21(25)23(31)29-16-10-11-17(19(24)12-16)18-4-2-3-5-20(18)34(28,32)33/h2-12H,27H2,1H3,(H2,26,30)(H,29,31)(H2,28,32,33)/b21-13+. The number of hydrogen-bond donors (Lipinski definition) is 4. The highest BCUT2D eigenvalue weighted by Crippen LogP contribution is 2.34. The molecule has 0 aliphatic carbocycles. The number of hydrogen-bond acceptors (Lipinski definition) is 5. The molecule has 0 saturated carbocycles. The van der Waals surface area contributed by atoms with Gasteiger partial charge >= 0.3 is 0 Å². The van der Waals surface area contributed by atoms with E-state index in [1.807, 2.05) is 0 Å². The van der Waals surface area contributed by atoms with E-state index < -0.39 is 21.8 Å². The summed E-state index contributed by atoms with van der Waals surface area (Å²) < 4.78 is 38.6. The second kappa shape index (κ2) is 10.0. The largest absolute Gasteiger partial charge is 0.382 e. The van der Waals surface area contributed by atoms with Crippen LogP contribution in [0.4, 0.5) is 10.1 Å². The minimum Gasteiger partial charge on any atom is -0.382 e. The van der Waals surface area contributed by atoms with Gasteiger partial charge in [0.1, 0.15) is 5.84 Å². The van der Waals surface area contributed by atoms with E-state index in [1.165, 1.54) is 37.3 Å². The molecule has 0 unspecified atom stereocenters. The molecule has 34 heavy (non-hydrogen) atoms. The fraction of sp³-hybridized carbons (Fsp3) is 0.0435. The van der Waals surface area contributed by atoms with Crippen molar-refractivity contribution >= 4 is 44.6 Å². The lowest BCUT2D eigenvalue weighted by Crippen LogP contribution is -2.15. The molecule has 0 aliphatic heterocycles. The SMILES string of the molecule is C/C(=C(\F)C(=O)Nc1ccc(-c2ccccc2S(N)(=O)=O)c(Cl)c1)c1ccc(/C(N)=N/N)cc1. The molecule has 8 nitrogen and oxygen atoms in total. The maximum Gasteiger partial charge on any atom is 0.284 e. The molecule has 0 saturated heterocycles. The minimum absolute atomic E-state index is 0.0937. The van der Waals surface area contributed by atoms with Gasteiger partial charge < -0.3 is 16.9 Å². The molecule has 0 atom stereocenters. The number of amidine groups is 1. The van der Waals surface area contributed by atoms with Gasteiger partial charge in [0, 0.05) is 22.4 Å². The van der Waals surface area contributed by atoms with E-state index in [0.717, 1.165) is 0 Å². The quantitative estimate of drug-likeness (QED) is 0.134. The Labute approximate surface area is 201 Å². The van der Waals surface area contributed by atoms with Crippen LogP contribution in [0, 0.1) is 0 Å². The highest BCUT2D eigenvalue weighted by molar-refractivity contribution is 7.89. The molecule has 3 aromatic rings. The molecule has 176 valence electrons. The van der Waals surface area contributed by atoms with E-state index in [-0.39, 0.29) is 27.0 Å². The van der Waals surface area contributed by atoms with Gasteiger partial charge in [0.2, 0.25) is 10.0 Å². The van der Waals surface area contributed by atoms with Gasteiger partial charge in [-0.1, -0.05) is 60.1 Å². The summed E-state index contributed by atoms with van der Waals surface area (Å²) in [5.41, 5.74) is 7.67. The van der Waals surface area contributed by atoms with Gasteiger partial charge in [0.15, 0.2) is 5.83 Å². The van der Waals surface area contributed by atoms with E-state index in [2.05, 4.69) is 10.4 Å². The fourth-order valence-electron chi connectivity index (χ4n) is 3.20. The predicted molar refractivity (Wildman–Crippen MR) is 132 cm³/mol. The Morgan fingerprint density at radius 2 is 1.62 bits per heavy atom. The Morgan fingerprint density at radius 3 is 2.21 bits per heavy atom. The maximum absolute atomic E-state index is 14.8. The second-order valence-corrected chi connectivity index (χ2v) is 9.16. The number of carbonyl (C=O) groups excluding carboxylic acids is 1. The number of nitrogens with two attached hydrogens (primary N) is 3. The number of amides is 1. The monoisotopic (exact) mass is 501 g/mol. The topological polar surface area (TPSA) is 154 Å². The van der Waals surface area contributed by atoms with Crippen LogP contribution in [0.3, 0.4) is 0 Å². The van der Waals surface area contributed by atoms with Gasteiger partial charge in [-0.2, -0.15) is 5.10 Å². The lowest BCUT2D eigenvalue weighted by Gasteiger charge is -2.12. The zero-order valence-corrected chi connectivity index (χ0v) is 19.5. The van der Waals surface area contributed by atoms with E-state index in [1.54, 1.807) is 36.4 Å². The van der Waals surface area contributed by atoms with Gasteiger partial charge in [0.05, 0.1) is 9.92 Å². The molecule has 7 N–H and O–H groups in total. The molecule has 0 aromatic heterocycles. The third-order valence-corrected chi connectivity index (χ3v) is 6.27. The van der Waals surface area contributed by atoms with Crippen LogP contribution >= 0.6 is 11.6 Å². The fourth-order valence-corrected chi connectivity index (χ4v) is 4.23. The van der Waals surface area contributed by atoms with Crippen LogP contribution in [0.2, 0.25) is 5.02 Å². The van der Waals surface area contributed by atoms with Crippen LogP contribution < -0.4 is 22.0 Å². The summed E-state index contributed by atoms with van der Waals surface area (Å²) in [5.74, 6) is 3.30. The third-order valence-electron chi connectivity index (χ3n) is 4.99. The number of allylic oxidation sites excluding steroid dienone is 1. The van der Waals surface area contributed by atoms with Crippen LogP contribution in [0.15, 0.2) is 82.6 Å². The summed E-state index contributed by atoms with van der Waals surface area (Å²) in [5, 5.41) is 11.3. The van der Waals surface area contributed by atoms with Gasteiger partial charge in [-0.05, 0) is 36.3 Å². The normalized spacial score (nSPS) is 12.8. The van der Waals surface area contributed by atoms with Crippen LogP contribution in [0.1, 0.15) is 18.1 Å². The Bertz CT molecular complexity index is 1420. The average Bonchev–Trinajstić information content (AvgIpc) is 2.82. The number of nitrogens with zero attached hydrogens (tertiary/aromatic N) is 1. The Morgan fingerprint density at radius 1 is 1.00 bits per heavy atom. The molecule has 0 bridgehead atoms. The van der Waals surface area contributed by atoms with Crippen molar-refractivity contribution in [1.29, 1.82) is 0 Å². The van der Waals surface area contributed by atoms with E-state index >= 15 is 0 Å². The summed E-state index contributed by atoms with van der Waals surface area (Å²) in [4.78, 5) is 12.4. The molecular formula is C23H21ClFN5O3S. The van der Waals surface area contributed by atoms with Crippen LogP contribution in [0.5, 0.6) is 0 Å². The second-order valence-electron chi connectivity index (χ2n) is 7.22.